The molecule has 4 aromatic rings. The molecule has 4 rings (SSSR count). The van der Waals surface area contributed by atoms with Crippen LogP contribution in [0, 0.1) is 0 Å². The lowest BCUT2D eigenvalue weighted by Gasteiger charge is -2.14. The standard InChI is InChI=1S/C25H23ClN4O2S/c1-3-32-22-15-13-20(14-16-22)27-24(31)17(2)33-25-29-28-23(18-9-11-19(26)12-10-18)30(25)21-7-5-4-6-8-21/h4-17H,3H2,1-2H3,(H,27,31)/t17-/m0/s1. The average Bonchev–Trinajstić information content (AvgIpc) is 3.25. The van der Waals surface area contributed by atoms with Crippen molar-refractivity contribution in [2.24, 2.45) is 0 Å². The summed E-state index contributed by atoms with van der Waals surface area (Å²) in [6.07, 6.45) is 0. The molecule has 8 heteroatoms. The first-order valence-corrected chi connectivity index (χ1v) is 11.8. The first kappa shape index (κ1) is 22.9. The average molecular weight is 479 g/mol. The Morgan fingerprint density at radius 3 is 2.39 bits per heavy atom. The molecule has 1 aromatic heterocycles. The highest BCUT2D eigenvalue weighted by atomic mass is 35.5. The number of thioether (sulfide) groups is 1. The maximum Gasteiger partial charge on any atom is 0.237 e. The van der Waals surface area contributed by atoms with Crippen LogP contribution in [0.4, 0.5) is 5.69 Å². The molecule has 3 aromatic carbocycles. The van der Waals surface area contributed by atoms with Gasteiger partial charge in [-0.1, -0.05) is 41.6 Å². The van der Waals surface area contributed by atoms with Crippen molar-refractivity contribution < 1.29 is 9.53 Å². The van der Waals surface area contributed by atoms with E-state index in [4.69, 9.17) is 16.3 Å². The number of anilines is 1. The normalized spacial score (nSPS) is 11.7. The minimum atomic E-state index is -0.402. The van der Waals surface area contributed by atoms with E-state index in [0.717, 1.165) is 17.0 Å². The maximum absolute atomic E-state index is 12.9. The largest absolute Gasteiger partial charge is 0.494 e. The molecule has 0 saturated heterocycles. The zero-order valence-corrected chi connectivity index (χ0v) is 19.8. The molecule has 1 atom stereocenters. The molecule has 1 heterocycles. The predicted molar refractivity (Wildman–Crippen MR) is 133 cm³/mol. The number of aromatic nitrogens is 3. The summed E-state index contributed by atoms with van der Waals surface area (Å²) in [4.78, 5) is 12.9. The molecule has 0 unspecified atom stereocenters. The highest BCUT2D eigenvalue weighted by Crippen LogP contribution is 2.31. The van der Waals surface area contributed by atoms with Gasteiger partial charge in [-0.15, -0.1) is 10.2 Å². The van der Waals surface area contributed by atoms with Gasteiger partial charge >= 0.3 is 0 Å². The second-order valence-corrected chi connectivity index (χ2v) is 8.94. The molecular formula is C25H23ClN4O2S. The van der Waals surface area contributed by atoms with Crippen molar-refractivity contribution >= 4 is 35.0 Å². The Bertz CT molecular complexity index is 1210. The molecule has 6 nitrogen and oxygen atoms in total. The van der Waals surface area contributed by atoms with E-state index in [1.807, 2.05) is 97.3 Å². The van der Waals surface area contributed by atoms with Crippen LogP contribution >= 0.6 is 23.4 Å². The van der Waals surface area contributed by atoms with Gasteiger partial charge in [-0.3, -0.25) is 9.36 Å². The molecule has 0 aliphatic carbocycles. The number of nitrogens with one attached hydrogen (secondary N) is 1. The Hall–Kier alpha value is -3.29. The Morgan fingerprint density at radius 1 is 1.03 bits per heavy atom. The number of carbonyl (C=O) groups is 1. The van der Waals surface area contributed by atoms with Gasteiger partial charge in [0.2, 0.25) is 5.91 Å². The van der Waals surface area contributed by atoms with E-state index < -0.39 is 5.25 Å². The summed E-state index contributed by atoms with van der Waals surface area (Å²) in [7, 11) is 0. The number of benzene rings is 3. The summed E-state index contributed by atoms with van der Waals surface area (Å²) in [6, 6.07) is 24.6. The van der Waals surface area contributed by atoms with E-state index in [1.165, 1.54) is 11.8 Å². The first-order chi connectivity index (χ1) is 16.0. The molecule has 0 radical (unpaired) electrons. The first-order valence-electron chi connectivity index (χ1n) is 10.5. The predicted octanol–water partition coefficient (Wildman–Crippen LogP) is 6.11. The number of ether oxygens (including phenoxy) is 1. The molecule has 0 aliphatic rings. The number of amides is 1. The molecular weight excluding hydrogens is 456 g/mol. The minimum absolute atomic E-state index is 0.125. The van der Waals surface area contributed by atoms with Crippen LogP contribution in [-0.4, -0.2) is 32.5 Å². The van der Waals surface area contributed by atoms with Gasteiger partial charge in [0.15, 0.2) is 11.0 Å². The lowest BCUT2D eigenvalue weighted by molar-refractivity contribution is -0.115. The Kier molecular flexibility index (Phi) is 7.32. The van der Waals surface area contributed by atoms with Crippen LogP contribution in [0.3, 0.4) is 0 Å². The van der Waals surface area contributed by atoms with Crippen LogP contribution in [0.15, 0.2) is 84.0 Å². The zero-order chi connectivity index (χ0) is 23.2. The fourth-order valence-corrected chi connectivity index (χ4v) is 4.19. The Morgan fingerprint density at radius 2 is 1.73 bits per heavy atom. The van der Waals surface area contributed by atoms with Crippen molar-refractivity contribution in [3.8, 4) is 22.8 Å². The molecule has 33 heavy (non-hydrogen) atoms. The van der Waals surface area contributed by atoms with Crippen LogP contribution in [0.25, 0.3) is 17.1 Å². The summed E-state index contributed by atoms with van der Waals surface area (Å²) in [6.45, 7) is 4.38. The van der Waals surface area contributed by atoms with E-state index in [1.54, 1.807) is 0 Å². The van der Waals surface area contributed by atoms with E-state index in [2.05, 4.69) is 15.5 Å². The third kappa shape index (κ3) is 5.56. The topological polar surface area (TPSA) is 69.0 Å². The third-order valence-electron chi connectivity index (χ3n) is 4.83. The van der Waals surface area contributed by atoms with Crippen molar-refractivity contribution in [1.82, 2.24) is 14.8 Å². The molecule has 1 N–H and O–H groups in total. The van der Waals surface area contributed by atoms with Crippen molar-refractivity contribution in [3.05, 3.63) is 83.9 Å². The Balaban J connectivity index is 1.57. The fraction of sp³-hybridized carbons (Fsp3) is 0.160. The second kappa shape index (κ2) is 10.6. The number of para-hydroxylation sites is 1. The number of hydrogen-bond acceptors (Lipinski definition) is 5. The van der Waals surface area contributed by atoms with Gasteiger partial charge < -0.3 is 10.1 Å². The maximum atomic E-state index is 12.9. The number of hydrogen-bond donors (Lipinski definition) is 1. The summed E-state index contributed by atoms with van der Waals surface area (Å²) < 4.78 is 7.40. The second-order valence-electron chi connectivity index (χ2n) is 7.19. The van der Waals surface area contributed by atoms with E-state index in [0.29, 0.717) is 28.3 Å². The van der Waals surface area contributed by atoms with E-state index in [9.17, 15) is 4.79 Å². The smallest absolute Gasteiger partial charge is 0.237 e. The van der Waals surface area contributed by atoms with Gasteiger partial charge in [-0.25, -0.2) is 0 Å². The summed E-state index contributed by atoms with van der Waals surface area (Å²) in [5.74, 6) is 1.32. The molecule has 0 bridgehead atoms. The van der Waals surface area contributed by atoms with Crippen molar-refractivity contribution in [2.75, 3.05) is 11.9 Å². The van der Waals surface area contributed by atoms with Gasteiger partial charge in [0.05, 0.1) is 11.9 Å². The molecule has 0 aliphatic heterocycles. The molecule has 1 amide bonds. The van der Waals surface area contributed by atoms with Crippen molar-refractivity contribution in [3.63, 3.8) is 0 Å². The van der Waals surface area contributed by atoms with Crippen LogP contribution in [0.2, 0.25) is 5.02 Å². The summed E-state index contributed by atoms with van der Waals surface area (Å²) >= 11 is 7.41. The number of halogens is 1. The molecule has 0 spiro atoms. The van der Waals surface area contributed by atoms with Crippen molar-refractivity contribution in [2.45, 2.75) is 24.3 Å². The molecule has 0 fully saturated rings. The van der Waals surface area contributed by atoms with Crippen LogP contribution < -0.4 is 10.1 Å². The van der Waals surface area contributed by atoms with Gasteiger partial charge in [-0.2, -0.15) is 0 Å². The van der Waals surface area contributed by atoms with Gasteiger partial charge in [0, 0.05) is 22.0 Å². The lowest BCUT2D eigenvalue weighted by Crippen LogP contribution is -2.22. The van der Waals surface area contributed by atoms with Crippen LogP contribution in [-0.2, 0) is 4.79 Å². The molecule has 168 valence electrons. The highest BCUT2D eigenvalue weighted by molar-refractivity contribution is 8.00. The van der Waals surface area contributed by atoms with Crippen LogP contribution in [0.5, 0.6) is 5.75 Å². The van der Waals surface area contributed by atoms with Crippen molar-refractivity contribution in [1.29, 1.82) is 0 Å². The van der Waals surface area contributed by atoms with Gasteiger partial charge in [0.25, 0.3) is 0 Å². The lowest BCUT2D eigenvalue weighted by atomic mass is 10.2. The zero-order valence-electron chi connectivity index (χ0n) is 18.2. The van der Waals surface area contributed by atoms with Gasteiger partial charge in [-0.05, 0) is 74.5 Å². The van der Waals surface area contributed by atoms with Gasteiger partial charge in [0.1, 0.15) is 5.75 Å². The third-order valence-corrected chi connectivity index (χ3v) is 6.13. The summed E-state index contributed by atoms with van der Waals surface area (Å²) in [5, 5.41) is 12.6. The quantitative estimate of drug-likeness (QED) is 0.309. The summed E-state index contributed by atoms with van der Waals surface area (Å²) in [5.41, 5.74) is 2.51. The number of carbonyl (C=O) groups excluding carboxylic acids is 1. The number of nitrogens with zero attached hydrogens (tertiary/aromatic N) is 3. The number of rotatable bonds is 8. The Labute approximate surface area is 202 Å². The monoisotopic (exact) mass is 478 g/mol. The highest BCUT2D eigenvalue weighted by Gasteiger charge is 2.22. The van der Waals surface area contributed by atoms with Crippen LogP contribution in [0.1, 0.15) is 13.8 Å². The van der Waals surface area contributed by atoms with E-state index in [-0.39, 0.29) is 5.91 Å². The SMILES string of the molecule is CCOc1ccc(NC(=O)[C@H](C)Sc2nnc(-c3ccc(Cl)cc3)n2-c2ccccc2)cc1. The van der Waals surface area contributed by atoms with E-state index >= 15 is 0 Å². The fourth-order valence-electron chi connectivity index (χ4n) is 3.20. The molecule has 0 saturated carbocycles. The minimum Gasteiger partial charge on any atom is -0.494 e.